The molecule has 2 heteroatoms. The van der Waals surface area contributed by atoms with Crippen LogP contribution in [0.2, 0.25) is 0 Å². The highest BCUT2D eigenvalue weighted by Crippen LogP contribution is 2.10. The van der Waals surface area contributed by atoms with Crippen molar-refractivity contribution in [2.24, 2.45) is 11.8 Å². The summed E-state index contributed by atoms with van der Waals surface area (Å²) in [6, 6.07) is 2.09. The average molecular weight is 194 g/mol. The van der Waals surface area contributed by atoms with Gasteiger partial charge < -0.3 is 4.90 Å². The summed E-state index contributed by atoms with van der Waals surface area (Å²) in [7, 11) is 0. The molecule has 0 saturated carbocycles. The summed E-state index contributed by atoms with van der Waals surface area (Å²) >= 11 is 0. The average Bonchev–Trinajstić information content (AvgIpc) is 2.01. The molecule has 0 fully saturated rings. The van der Waals surface area contributed by atoms with Gasteiger partial charge in [-0.25, -0.2) is 0 Å². The summed E-state index contributed by atoms with van der Waals surface area (Å²) in [5, 5.41) is 8.60. The monoisotopic (exact) mass is 194 g/mol. The van der Waals surface area contributed by atoms with Gasteiger partial charge in [-0.3, -0.25) is 0 Å². The van der Waals surface area contributed by atoms with Gasteiger partial charge in [-0.15, -0.1) is 0 Å². The van der Waals surface area contributed by atoms with Gasteiger partial charge in [0.15, 0.2) is 0 Å². The predicted molar refractivity (Wildman–Crippen MR) is 60.6 cm³/mol. The molecule has 0 heterocycles. The van der Waals surface area contributed by atoms with Crippen LogP contribution >= 0.6 is 0 Å². The van der Waals surface area contributed by atoms with E-state index in [2.05, 4.69) is 38.7 Å². The first-order valence-corrected chi connectivity index (χ1v) is 5.28. The minimum absolute atomic E-state index is 0.635. The SMILES string of the molecule is C/C(=C/C#N)N(CC(C)C)CC(C)C. The van der Waals surface area contributed by atoms with E-state index in [4.69, 9.17) is 5.26 Å². The molecule has 0 radical (unpaired) electrons. The molecule has 0 saturated heterocycles. The molecule has 0 aliphatic heterocycles. The van der Waals surface area contributed by atoms with E-state index in [1.165, 1.54) is 0 Å². The lowest BCUT2D eigenvalue weighted by atomic mass is 10.1. The normalized spacial score (nSPS) is 12.0. The first-order chi connectivity index (χ1) is 6.47. The molecule has 0 amide bonds. The van der Waals surface area contributed by atoms with Crippen molar-refractivity contribution in [2.45, 2.75) is 34.6 Å². The highest BCUT2D eigenvalue weighted by molar-refractivity contribution is 5.10. The molecule has 0 spiro atoms. The summed E-state index contributed by atoms with van der Waals surface area (Å²) in [4.78, 5) is 2.29. The van der Waals surface area contributed by atoms with Crippen LogP contribution in [0.5, 0.6) is 0 Å². The zero-order valence-corrected chi connectivity index (χ0v) is 10.0. The largest absolute Gasteiger partial charge is 0.374 e. The molecule has 0 atom stereocenters. The number of nitriles is 1. The number of allylic oxidation sites excluding steroid dienone is 2. The van der Waals surface area contributed by atoms with Crippen LogP contribution in [0, 0.1) is 23.2 Å². The number of rotatable bonds is 5. The maximum atomic E-state index is 8.60. The minimum atomic E-state index is 0.635. The van der Waals surface area contributed by atoms with E-state index >= 15 is 0 Å². The second-order valence-corrected chi connectivity index (χ2v) is 4.61. The Morgan fingerprint density at radius 2 is 1.64 bits per heavy atom. The van der Waals surface area contributed by atoms with E-state index in [-0.39, 0.29) is 0 Å². The van der Waals surface area contributed by atoms with Gasteiger partial charge >= 0.3 is 0 Å². The van der Waals surface area contributed by atoms with Gasteiger partial charge in [0.25, 0.3) is 0 Å². The van der Waals surface area contributed by atoms with Crippen LogP contribution in [-0.2, 0) is 0 Å². The van der Waals surface area contributed by atoms with Crippen molar-refractivity contribution in [1.82, 2.24) is 4.90 Å². The van der Waals surface area contributed by atoms with Crippen LogP contribution in [0.3, 0.4) is 0 Å². The van der Waals surface area contributed by atoms with Gasteiger partial charge in [0.05, 0.1) is 6.07 Å². The summed E-state index contributed by atoms with van der Waals surface area (Å²) in [5.41, 5.74) is 1.08. The molecule has 0 aromatic carbocycles. The molecular formula is C12H22N2. The van der Waals surface area contributed by atoms with Gasteiger partial charge in [0.1, 0.15) is 0 Å². The Kier molecular flexibility index (Phi) is 6.03. The first kappa shape index (κ1) is 13.0. The van der Waals surface area contributed by atoms with E-state index in [1.54, 1.807) is 6.08 Å². The first-order valence-electron chi connectivity index (χ1n) is 5.28. The quantitative estimate of drug-likeness (QED) is 0.629. The Hall–Kier alpha value is -0.970. The summed E-state index contributed by atoms with van der Waals surface area (Å²) in [6.45, 7) is 12.9. The van der Waals surface area contributed by atoms with Gasteiger partial charge in [-0.05, 0) is 18.8 Å². The molecule has 0 unspecified atom stereocenters. The molecule has 0 N–H and O–H groups in total. The third-order valence-corrected chi connectivity index (χ3v) is 1.94. The lowest BCUT2D eigenvalue weighted by Gasteiger charge is -2.28. The third-order valence-electron chi connectivity index (χ3n) is 1.94. The van der Waals surface area contributed by atoms with E-state index in [0.717, 1.165) is 18.8 Å². The topological polar surface area (TPSA) is 27.0 Å². The van der Waals surface area contributed by atoms with Gasteiger partial charge in [-0.2, -0.15) is 5.26 Å². The molecule has 0 bridgehead atoms. The second kappa shape index (κ2) is 6.48. The van der Waals surface area contributed by atoms with Crippen molar-refractivity contribution in [3.8, 4) is 6.07 Å². The summed E-state index contributed by atoms with van der Waals surface area (Å²) in [5.74, 6) is 1.27. The third kappa shape index (κ3) is 5.64. The second-order valence-electron chi connectivity index (χ2n) is 4.61. The Bertz CT molecular complexity index is 211. The van der Waals surface area contributed by atoms with Crippen molar-refractivity contribution < 1.29 is 0 Å². The van der Waals surface area contributed by atoms with Crippen molar-refractivity contribution in [1.29, 1.82) is 5.26 Å². The van der Waals surface area contributed by atoms with E-state index in [1.807, 2.05) is 6.92 Å². The molecule has 80 valence electrons. The maximum Gasteiger partial charge on any atom is 0.0930 e. The standard InChI is InChI=1S/C12H22N2/c1-10(2)8-14(9-11(3)4)12(5)6-7-13/h6,10-11H,8-9H2,1-5H3/b12-6-. The van der Waals surface area contributed by atoms with Crippen LogP contribution in [0.1, 0.15) is 34.6 Å². The Morgan fingerprint density at radius 1 is 1.21 bits per heavy atom. The molecule has 0 aliphatic carbocycles. The molecule has 0 aromatic rings. The fourth-order valence-electron chi connectivity index (χ4n) is 1.43. The molecule has 0 aromatic heterocycles. The molecular weight excluding hydrogens is 172 g/mol. The Balaban J connectivity index is 4.40. The summed E-state index contributed by atoms with van der Waals surface area (Å²) in [6.07, 6.45) is 1.63. The zero-order valence-electron chi connectivity index (χ0n) is 10.0. The maximum absolute atomic E-state index is 8.60. The lowest BCUT2D eigenvalue weighted by molar-refractivity contribution is 0.274. The molecule has 2 nitrogen and oxygen atoms in total. The highest BCUT2D eigenvalue weighted by atomic mass is 15.1. The zero-order chi connectivity index (χ0) is 11.1. The van der Waals surface area contributed by atoms with Crippen LogP contribution in [-0.4, -0.2) is 18.0 Å². The van der Waals surface area contributed by atoms with Crippen LogP contribution < -0.4 is 0 Å². The Morgan fingerprint density at radius 3 is 1.93 bits per heavy atom. The molecule has 0 rings (SSSR count). The molecule has 14 heavy (non-hydrogen) atoms. The van der Waals surface area contributed by atoms with E-state index in [0.29, 0.717) is 11.8 Å². The van der Waals surface area contributed by atoms with Crippen LogP contribution in [0.15, 0.2) is 11.8 Å². The molecule has 0 aliphatic rings. The van der Waals surface area contributed by atoms with E-state index < -0.39 is 0 Å². The van der Waals surface area contributed by atoms with E-state index in [9.17, 15) is 0 Å². The van der Waals surface area contributed by atoms with Crippen LogP contribution in [0.25, 0.3) is 0 Å². The lowest BCUT2D eigenvalue weighted by Crippen LogP contribution is -2.29. The van der Waals surface area contributed by atoms with Gasteiger partial charge in [0.2, 0.25) is 0 Å². The number of nitrogens with zero attached hydrogens (tertiary/aromatic N) is 2. The fourth-order valence-corrected chi connectivity index (χ4v) is 1.43. The van der Waals surface area contributed by atoms with Crippen molar-refractivity contribution in [3.63, 3.8) is 0 Å². The number of hydrogen-bond donors (Lipinski definition) is 0. The predicted octanol–water partition coefficient (Wildman–Crippen LogP) is 3.03. The van der Waals surface area contributed by atoms with Gasteiger partial charge in [-0.1, -0.05) is 27.7 Å². The van der Waals surface area contributed by atoms with Crippen molar-refractivity contribution in [2.75, 3.05) is 13.1 Å². The van der Waals surface area contributed by atoms with Gasteiger partial charge in [0, 0.05) is 24.9 Å². The minimum Gasteiger partial charge on any atom is -0.374 e. The highest BCUT2D eigenvalue weighted by Gasteiger charge is 2.09. The Labute approximate surface area is 88.2 Å². The smallest absolute Gasteiger partial charge is 0.0930 e. The summed E-state index contributed by atoms with van der Waals surface area (Å²) < 4.78 is 0. The fraction of sp³-hybridized carbons (Fsp3) is 0.750. The van der Waals surface area contributed by atoms with Crippen molar-refractivity contribution >= 4 is 0 Å². The van der Waals surface area contributed by atoms with Crippen molar-refractivity contribution in [3.05, 3.63) is 11.8 Å². The van der Waals surface area contributed by atoms with Crippen LogP contribution in [0.4, 0.5) is 0 Å². The number of hydrogen-bond acceptors (Lipinski definition) is 2.